The van der Waals surface area contributed by atoms with E-state index in [2.05, 4.69) is 11.7 Å². The maximum absolute atomic E-state index is 11.5. The highest BCUT2D eigenvalue weighted by atomic mass is 16.6. The fourth-order valence-corrected chi connectivity index (χ4v) is 3.15. The second-order valence-electron chi connectivity index (χ2n) is 7.70. The maximum Gasteiger partial charge on any atom is 0.331 e. The smallest absolute Gasteiger partial charge is 0.331 e. The van der Waals surface area contributed by atoms with Gasteiger partial charge in [-0.2, -0.15) is 0 Å². The zero-order valence-electron chi connectivity index (χ0n) is 17.8. The summed E-state index contributed by atoms with van der Waals surface area (Å²) in [5.74, 6) is -2.78. The Morgan fingerprint density at radius 1 is 0.750 bits per heavy atom. The number of carboxylic acids is 1. The summed E-state index contributed by atoms with van der Waals surface area (Å²) in [7, 11) is 0. The van der Waals surface area contributed by atoms with Gasteiger partial charge >= 0.3 is 17.9 Å². The molecule has 0 heterocycles. The van der Waals surface area contributed by atoms with Crippen molar-refractivity contribution >= 4 is 17.9 Å². The van der Waals surface area contributed by atoms with E-state index in [1.807, 2.05) is 0 Å². The molecule has 0 spiro atoms. The van der Waals surface area contributed by atoms with Gasteiger partial charge in [0.1, 0.15) is 6.04 Å². The normalized spacial score (nSPS) is 11.9. The Labute approximate surface area is 170 Å². The van der Waals surface area contributed by atoms with E-state index in [-0.39, 0.29) is 6.42 Å². The first-order chi connectivity index (χ1) is 13.5. The van der Waals surface area contributed by atoms with Crippen molar-refractivity contribution < 1.29 is 24.2 Å². The predicted octanol–water partition coefficient (Wildman–Crippen LogP) is 5.12. The van der Waals surface area contributed by atoms with Crippen molar-refractivity contribution in [3.05, 3.63) is 0 Å². The number of aliphatic carboxylic acids is 1. The third-order valence-electron chi connectivity index (χ3n) is 4.90. The van der Waals surface area contributed by atoms with Crippen LogP contribution in [-0.2, 0) is 19.1 Å². The highest BCUT2D eigenvalue weighted by molar-refractivity contribution is 5.90. The van der Waals surface area contributed by atoms with E-state index in [0.717, 1.165) is 12.8 Å². The van der Waals surface area contributed by atoms with E-state index >= 15 is 0 Å². The van der Waals surface area contributed by atoms with Crippen LogP contribution in [0.4, 0.5) is 0 Å². The van der Waals surface area contributed by atoms with Gasteiger partial charge in [0.05, 0.1) is 6.42 Å². The molecule has 0 radical (unpaired) electrons. The summed E-state index contributed by atoms with van der Waals surface area (Å²) in [5.41, 5.74) is 5.34. The number of hydrogen-bond acceptors (Lipinski definition) is 5. The summed E-state index contributed by atoms with van der Waals surface area (Å²) in [5, 5.41) is 8.55. The van der Waals surface area contributed by atoms with Crippen molar-refractivity contribution in [3.63, 3.8) is 0 Å². The molecule has 0 amide bonds. The van der Waals surface area contributed by atoms with Crippen LogP contribution in [0, 0.1) is 0 Å². The Balaban J connectivity index is 3.35. The number of carbonyl (C=O) groups excluding carboxylic acids is 2. The molecule has 0 aromatic rings. The lowest BCUT2D eigenvalue weighted by molar-refractivity contribution is -0.162. The van der Waals surface area contributed by atoms with Crippen molar-refractivity contribution in [1.29, 1.82) is 0 Å². The van der Waals surface area contributed by atoms with E-state index in [1.54, 1.807) is 0 Å². The molecule has 28 heavy (non-hydrogen) atoms. The highest BCUT2D eigenvalue weighted by Crippen LogP contribution is 2.13. The first kappa shape index (κ1) is 26.6. The number of unbranched alkanes of at least 4 members (excludes halogenated alkanes) is 14. The van der Waals surface area contributed by atoms with Crippen LogP contribution in [0.5, 0.6) is 0 Å². The summed E-state index contributed by atoms with van der Waals surface area (Å²) >= 11 is 0. The SMILES string of the molecule is CCCCCCCCCCCCCCCCCC(=O)OC(=O)[C@H](N)CC(=O)O. The molecule has 0 aliphatic carbocycles. The van der Waals surface area contributed by atoms with Crippen LogP contribution in [0.25, 0.3) is 0 Å². The third-order valence-corrected chi connectivity index (χ3v) is 4.90. The molecule has 0 aromatic carbocycles. The molecule has 164 valence electrons. The van der Waals surface area contributed by atoms with Crippen LogP contribution in [0.2, 0.25) is 0 Å². The molecule has 0 saturated carbocycles. The van der Waals surface area contributed by atoms with E-state index in [0.29, 0.717) is 6.42 Å². The largest absolute Gasteiger partial charge is 0.481 e. The first-order valence-electron chi connectivity index (χ1n) is 11.2. The van der Waals surface area contributed by atoms with E-state index in [9.17, 15) is 14.4 Å². The van der Waals surface area contributed by atoms with Gasteiger partial charge in [0, 0.05) is 6.42 Å². The van der Waals surface area contributed by atoms with Gasteiger partial charge in [-0.15, -0.1) is 0 Å². The van der Waals surface area contributed by atoms with Crippen LogP contribution in [0.3, 0.4) is 0 Å². The van der Waals surface area contributed by atoms with Gasteiger partial charge in [-0.3, -0.25) is 9.59 Å². The lowest BCUT2D eigenvalue weighted by atomic mass is 10.0. The molecular weight excluding hydrogens is 358 g/mol. The predicted molar refractivity (Wildman–Crippen MR) is 111 cm³/mol. The number of carbonyl (C=O) groups is 3. The molecule has 0 fully saturated rings. The fourth-order valence-electron chi connectivity index (χ4n) is 3.15. The Bertz CT molecular complexity index is 425. The van der Waals surface area contributed by atoms with Crippen molar-refractivity contribution in [2.24, 2.45) is 5.73 Å². The third kappa shape index (κ3) is 18.0. The molecule has 6 heteroatoms. The van der Waals surface area contributed by atoms with Gasteiger partial charge < -0.3 is 15.6 Å². The second kappa shape index (κ2) is 18.9. The van der Waals surface area contributed by atoms with Crippen molar-refractivity contribution in [2.45, 2.75) is 122 Å². The lowest BCUT2D eigenvalue weighted by Crippen LogP contribution is -2.35. The summed E-state index contributed by atoms with van der Waals surface area (Å²) in [6.45, 7) is 2.25. The van der Waals surface area contributed by atoms with Crippen molar-refractivity contribution in [1.82, 2.24) is 0 Å². The van der Waals surface area contributed by atoms with Crippen LogP contribution in [0.15, 0.2) is 0 Å². The minimum Gasteiger partial charge on any atom is -0.481 e. The van der Waals surface area contributed by atoms with Gasteiger partial charge in [-0.05, 0) is 6.42 Å². The standard InChI is InChI=1S/C22H41NO5/c1-2-3-4-5-6-7-8-9-10-11-12-13-14-15-16-17-21(26)28-22(27)19(23)18-20(24)25/h19H,2-18,23H2,1H3,(H,24,25)/t19-/m1/s1. The van der Waals surface area contributed by atoms with Gasteiger partial charge in [-0.1, -0.05) is 96.8 Å². The molecular formula is C22H41NO5. The van der Waals surface area contributed by atoms with Crippen LogP contribution < -0.4 is 5.73 Å². The van der Waals surface area contributed by atoms with Crippen LogP contribution >= 0.6 is 0 Å². The van der Waals surface area contributed by atoms with Crippen LogP contribution in [-0.4, -0.2) is 29.1 Å². The van der Waals surface area contributed by atoms with Crippen molar-refractivity contribution in [3.8, 4) is 0 Å². The molecule has 6 nitrogen and oxygen atoms in total. The quantitative estimate of drug-likeness (QED) is 0.177. The number of esters is 2. The first-order valence-corrected chi connectivity index (χ1v) is 11.2. The van der Waals surface area contributed by atoms with Crippen molar-refractivity contribution in [2.75, 3.05) is 0 Å². The van der Waals surface area contributed by atoms with E-state index in [1.165, 1.54) is 77.0 Å². The molecule has 0 aromatic heterocycles. The average molecular weight is 400 g/mol. The lowest BCUT2D eigenvalue weighted by Gasteiger charge is -2.08. The van der Waals surface area contributed by atoms with Gasteiger partial charge in [0.25, 0.3) is 0 Å². The molecule has 0 unspecified atom stereocenters. The van der Waals surface area contributed by atoms with Gasteiger partial charge in [0.15, 0.2) is 0 Å². The van der Waals surface area contributed by atoms with Gasteiger partial charge in [0.2, 0.25) is 0 Å². The minimum absolute atomic E-state index is 0.170. The molecule has 0 rings (SSSR count). The number of hydrogen-bond donors (Lipinski definition) is 2. The summed E-state index contributed by atoms with van der Waals surface area (Å²) in [6.07, 6.45) is 18.3. The average Bonchev–Trinajstić information content (AvgIpc) is 2.64. The topological polar surface area (TPSA) is 107 Å². The molecule has 0 aliphatic rings. The maximum atomic E-state index is 11.5. The number of nitrogens with two attached hydrogens (primary N) is 1. The van der Waals surface area contributed by atoms with Gasteiger partial charge in [-0.25, -0.2) is 4.79 Å². The molecule has 3 N–H and O–H groups in total. The summed E-state index contributed by atoms with van der Waals surface area (Å²) < 4.78 is 4.57. The summed E-state index contributed by atoms with van der Waals surface area (Å²) in [6, 6.07) is -1.29. The van der Waals surface area contributed by atoms with Crippen LogP contribution in [0.1, 0.15) is 116 Å². The minimum atomic E-state index is -1.29. The Hall–Kier alpha value is -1.43. The Morgan fingerprint density at radius 2 is 1.14 bits per heavy atom. The Kier molecular flexibility index (Phi) is 17.9. The molecule has 0 saturated heterocycles. The summed E-state index contributed by atoms with van der Waals surface area (Å²) in [4.78, 5) is 33.4. The molecule has 1 atom stereocenters. The Morgan fingerprint density at radius 3 is 1.54 bits per heavy atom. The molecule has 0 bridgehead atoms. The monoisotopic (exact) mass is 399 g/mol. The number of rotatable bonds is 19. The fraction of sp³-hybridized carbons (Fsp3) is 0.864. The second-order valence-corrected chi connectivity index (χ2v) is 7.70. The number of ether oxygens (including phenoxy) is 1. The van der Waals surface area contributed by atoms with E-state index in [4.69, 9.17) is 10.8 Å². The van der Waals surface area contributed by atoms with E-state index < -0.39 is 30.4 Å². The molecule has 0 aliphatic heterocycles. The zero-order valence-corrected chi connectivity index (χ0v) is 17.8. The zero-order chi connectivity index (χ0) is 21.0. The highest BCUT2D eigenvalue weighted by Gasteiger charge is 2.21. The number of carboxylic acid groups (broad SMARTS) is 1.